The number of aliphatic hydroxyl groups is 4. The molecule has 1 amide bonds. The van der Waals surface area contributed by atoms with Crippen molar-refractivity contribution < 1.29 is 74.2 Å². The summed E-state index contributed by atoms with van der Waals surface area (Å²) in [6.45, 7) is 3.97. The first-order valence-electron chi connectivity index (χ1n) is 15.3. The molecule has 2 aliphatic carbocycles. The topological polar surface area (TPSA) is 270 Å². The van der Waals surface area contributed by atoms with Gasteiger partial charge in [-0.1, -0.05) is 6.07 Å². The van der Waals surface area contributed by atoms with Gasteiger partial charge < -0.3 is 60.4 Å². The number of hydrogen-bond donors (Lipinski definition) is 9. The minimum absolute atomic E-state index is 0.0301. The normalized spacial score (nSPS) is 25.9. The van der Waals surface area contributed by atoms with E-state index in [-0.39, 0.29) is 39.1 Å². The summed E-state index contributed by atoms with van der Waals surface area (Å²) in [5.41, 5.74) is -3.19. The standard InChI is InChI=1S/C34H33NO15/c1-9-5-16-21(27(41)18(9)32(45)35-10(2)33(46)47)20-14(26(40)31(16)50-34-30(44)29(43)23(37)11(3)49-34)8-15-22(28(20)42)25(39)13-6-12(48-4)7-17(36)19(13)24(15)38/h5-8,10-11,23,26,29-31,34,36-37,40-44H,1-4H3,(H,35,45)(H,46,47)/t10-,11-,23+,26?,29+,30-,31?,34+/m1/s1. The van der Waals surface area contributed by atoms with Crippen molar-refractivity contribution in [2.75, 3.05) is 7.11 Å². The molecule has 264 valence electrons. The fourth-order valence-electron chi connectivity index (χ4n) is 6.68. The Morgan fingerprint density at radius 3 is 2.10 bits per heavy atom. The van der Waals surface area contributed by atoms with Gasteiger partial charge in [0.15, 0.2) is 17.9 Å². The molecule has 1 fully saturated rings. The molecule has 1 aliphatic heterocycles. The number of aliphatic hydroxyl groups excluding tert-OH is 4. The summed E-state index contributed by atoms with van der Waals surface area (Å²) >= 11 is 0. The van der Waals surface area contributed by atoms with Crippen molar-refractivity contribution in [2.45, 2.75) is 69.7 Å². The van der Waals surface area contributed by atoms with E-state index in [0.29, 0.717) is 0 Å². The van der Waals surface area contributed by atoms with Crippen molar-refractivity contribution in [1.29, 1.82) is 0 Å². The number of ketones is 2. The molecular formula is C34H33NO15. The van der Waals surface area contributed by atoms with Gasteiger partial charge in [-0.3, -0.25) is 19.2 Å². The summed E-state index contributed by atoms with van der Waals surface area (Å²) in [4.78, 5) is 52.5. The van der Waals surface area contributed by atoms with Gasteiger partial charge >= 0.3 is 5.97 Å². The number of rotatable bonds is 6. The smallest absolute Gasteiger partial charge is 0.325 e. The van der Waals surface area contributed by atoms with Gasteiger partial charge in [-0.15, -0.1) is 0 Å². The van der Waals surface area contributed by atoms with Crippen LogP contribution in [0.2, 0.25) is 0 Å². The highest BCUT2D eigenvalue weighted by Gasteiger charge is 2.48. The number of hydrogen-bond acceptors (Lipinski definition) is 14. The molecule has 0 aromatic heterocycles. The minimum atomic E-state index is -1.84. The largest absolute Gasteiger partial charge is 0.507 e. The Morgan fingerprint density at radius 1 is 0.840 bits per heavy atom. The number of fused-ring (bicyclic) bond motifs is 5. The molecule has 1 heterocycles. The van der Waals surface area contributed by atoms with Crippen molar-refractivity contribution in [3.05, 3.63) is 68.8 Å². The molecule has 3 aromatic carbocycles. The lowest BCUT2D eigenvalue weighted by atomic mass is 9.74. The quantitative estimate of drug-likeness (QED) is 0.134. The van der Waals surface area contributed by atoms with Crippen molar-refractivity contribution in [1.82, 2.24) is 5.32 Å². The van der Waals surface area contributed by atoms with Crippen LogP contribution in [0.1, 0.15) is 84.9 Å². The number of phenolic OH excluding ortho intramolecular Hbond substituents is 3. The molecule has 2 unspecified atom stereocenters. The first-order valence-corrected chi connectivity index (χ1v) is 15.3. The number of phenols is 3. The molecule has 16 nitrogen and oxygen atoms in total. The number of aryl methyl sites for hydroxylation is 1. The first-order chi connectivity index (χ1) is 23.5. The van der Waals surface area contributed by atoms with Gasteiger partial charge in [0.1, 0.15) is 59.6 Å². The fourth-order valence-corrected chi connectivity index (χ4v) is 6.68. The molecule has 0 spiro atoms. The van der Waals surface area contributed by atoms with Crippen molar-refractivity contribution >= 4 is 23.4 Å². The SMILES string of the molecule is COc1cc(O)c2c(c1)C(=O)c1c(cc3c(c1O)-c1c(cc(C)c(C(=O)N[C@H](C)C(=O)O)c1O)C(O[C@@H]1O[C@H](C)[C@H](O)[C@H](O)[C@H]1O)C3O)C2=O. The molecule has 0 saturated carbocycles. The maximum atomic E-state index is 13.9. The third kappa shape index (κ3) is 5.15. The van der Waals surface area contributed by atoms with E-state index in [9.17, 15) is 60.0 Å². The number of carboxylic acids is 1. The maximum Gasteiger partial charge on any atom is 0.325 e. The number of amides is 1. The van der Waals surface area contributed by atoms with Crippen LogP contribution in [0, 0.1) is 6.92 Å². The van der Waals surface area contributed by atoms with Crippen LogP contribution in [0.3, 0.4) is 0 Å². The summed E-state index contributed by atoms with van der Waals surface area (Å²) in [5.74, 6) is -6.50. The fraction of sp³-hybridized carbons (Fsp3) is 0.353. The summed E-state index contributed by atoms with van der Waals surface area (Å²) in [6.07, 6.45) is -11.3. The minimum Gasteiger partial charge on any atom is -0.507 e. The number of methoxy groups -OCH3 is 1. The second-order valence-electron chi connectivity index (χ2n) is 12.4. The number of aliphatic carboxylic acids is 1. The Morgan fingerprint density at radius 2 is 1.46 bits per heavy atom. The highest BCUT2D eigenvalue weighted by Crippen LogP contribution is 2.57. The predicted octanol–water partition coefficient (Wildman–Crippen LogP) is 0.698. The molecule has 0 radical (unpaired) electrons. The second-order valence-corrected chi connectivity index (χ2v) is 12.4. The Bertz CT molecular complexity index is 1990. The molecular weight excluding hydrogens is 662 g/mol. The number of aromatic hydroxyl groups is 3. The lowest BCUT2D eigenvalue weighted by Crippen LogP contribution is -2.57. The molecule has 16 heteroatoms. The van der Waals surface area contributed by atoms with Gasteiger partial charge in [0, 0.05) is 28.3 Å². The highest BCUT2D eigenvalue weighted by atomic mass is 16.7. The number of benzene rings is 3. The van der Waals surface area contributed by atoms with Crippen LogP contribution >= 0.6 is 0 Å². The van der Waals surface area contributed by atoms with E-state index in [4.69, 9.17) is 14.2 Å². The van der Waals surface area contributed by atoms with E-state index < -0.39 is 112 Å². The van der Waals surface area contributed by atoms with Gasteiger partial charge in [-0.2, -0.15) is 0 Å². The third-order valence-corrected chi connectivity index (χ3v) is 9.33. The van der Waals surface area contributed by atoms with E-state index in [1.54, 1.807) is 0 Å². The summed E-state index contributed by atoms with van der Waals surface area (Å²) in [6, 6.07) is 3.27. The zero-order valence-electron chi connectivity index (χ0n) is 26.9. The van der Waals surface area contributed by atoms with Crippen molar-refractivity contribution in [2.24, 2.45) is 0 Å². The van der Waals surface area contributed by atoms with Gasteiger partial charge in [-0.05, 0) is 49.6 Å². The number of carbonyl (C=O) groups is 4. The van der Waals surface area contributed by atoms with E-state index in [1.807, 2.05) is 0 Å². The molecule has 9 N–H and O–H groups in total. The van der Waals surface area contributed by atoms with E-state index in [0.717, 1.165) is 12.1 Å². The number of carbonyl (C=O) groups excluding carboxylic acids is 3. The molecule has 3 aliphatic rings. The van der Waals surface area contributed by atoms with Crippen LogP contribution in [-0.2, 0) is 14.3 Å². The monoisotopic (exact) mass is 695 g/mol. The van der Waals surface area contributed by atoms with Gasteiger partial charge in [0.05, 0.1) is 29.9 Å². The Hall–Kier alpha value is -5.10. The maximum absolute atomic E-state index is 13.9. The summed E-state index contributed by atoms with van der Waals surface area (Å²) in [7, 11) is 1.27. The first kappa shape index (κ1) is 34.8. The average molecular weight is 696 g/mol. The Labute approximate surface area is 282 Å². The zero-order chi connectivity index (χ0) is 36.7. The Balaban J connectivity index is 1.60. The average Bonchev–Trinajstić information content (AvgIpc) is 3.06. The van der Waals surface area contributed by atoms with Gasteiger partial charge in [-0.25, -0.2) is 0 Å². The van der Waals surface area contributed by atoms with Crippen LogP contribution in [0.25, 0.3) is 11.1 Å². The van der Waals surface area contributed by atoms with Crippen LogP contribution in [0.4, 0.5) is 0 Å². The molecule has 50 heavy (non-hydrogen) atoms. The zero-order valence-corrected chi connectivity index (χ0v) is 26.9. The summed E-state index contributed by atoms with van der Waals surface area (Å²) < 4.78 is 16.7. The van der Waals surface area contributed by atoms with Crippen LogP contribution in [0.15, 0.2) is 24.3 Å². The molecule has 8 atom stereocenters. The second kappa shape index (κ2) is 12.3. The van der Waals surface area contributed by atoms with Crippen LogP contribution in [-0.4, -0.2) is 108 Å². The molecule has 0 bridgehead atoms. The van der Waals surface area contributed by atoms with E-state index in [1.165, 1.54) is 40.0 Å². The van der Waals surface area contributed by atoms with Crippen LogP contribution < -0.4 is 10.1 Å². The Kier molecular flexibility index (Phi) is 8.58. The lowest BCUT2D eigenvalue weighted by molar-refractivity contribution is -0.312. The lowest BCUT2D eigenvalue weighted by Gasteiger charge is -2.42. The van der Waals surface area contributed by atoms with E-state index >= 15 is 0 Å². The molecule has 6 rings (SSSR count). The number of nitrogens with one attached hydrogen (secondary N) is 1. The molecule has 3 aromatic rings. The van der Waals surface area contributed by atoms with Crippen LogP contribution in [0.5, 0.6) is 23.0 Å². The van der Waals surface area contributed by atoms with Gasteiger partial charge in [0.25, 0.3) is 5.91 Å². The van der Waals surface area contributed by atoms with Gasteiger partial charge in [0.2, 0.25) is 0 Å². The summed E-state index contributed by atoms with van der Waals surface area (Å²) in [5, 5.41) is 89.0. The van der Waals surface area contributed by atoms with Crippen molar-refractivity contribution in [3.63, 3.8) is 0 Å². The molecule has 1 saturated heterocycles. The van der Waals surface area contributed by atoms with Crippen molar-refractivity contribution in [3.8, 4) is 34.1 Å². The predicted molar refractivity (Wildman–Crippen MR) is 167 cm³/mol. The third-order valence-electron chi connectivity index (χ3n) is 9.33. The number of carboxylic acid groups (broad SMARTS) is 1. The highest BCUT2D eigenvalue weighted by molar-refractivity contribution is 6.31. The number of ether oxygens (including phenoxy) is 3. The van der Waals surface area contributed by atoms with E-state index in [2.05, 4.69) is 5.32 Å².